The van der Waals surface area contributed by atoms with Crippen LogP contribution in [0.15, 0.2) is 95.1 Å². The van der Waals surface area contributed by atoms with Crippen LogP contribution in [0.3, 0.4) is 0 Å². The Balaban J connectivity index is 1.77. The van der Waals surface area contributed by atoms with Crippen LogP contribution in [0.2, 0.25) is 0 Å². The van der Waals surface area contributed by atoms with E-state index in [1.165, 1.54) is 15.9 Å². The molecule has 142 valence electrons. The van der Waals surface area contributed by atoms with Gasteiger partial charge in [0, 0.05) is 27.3 Å². The summed E-state index contributed by atoms with van der Waals surface area (Å²) >= 11 is 1.49. The second kappa shape index (κ2) is 6.61. The van der Waals surface area contributed by atoms with Crippen LogP contribution in [0.5, 0.6) is 0 Å². The van der Waals surface area contributed by atoms with E-state index in [1.54, 1.807) is 0 Å². The average molecular weight is 405 g/mol. The molecule has 5 heteroatoms. The second-order valence-electron chi connectivity index (χ2n) is 7.11. The predicted octanol–water partition coefficient (Wildman–Crippen LogP) is 5.79. The van der Waals surface area contributed by atoms with Crippen molar-refractivity contribution >= 4 is 38.0 Å². The van der Waals surface area contributed by atoms with Gasteiger partial charge >= 0.3 is 0 Å². The molecule has 0 aliphatic carbocycles. The van der Waals surface area contributed by atoms with Crippen LogP contribution < -0.4 is 5.56 Å². The number of thiophene rings is 1. The molecule has 0 bridgehead atoms. The molecule has 0 amide bonds. The molecule has 3 heterocycles. The van der Waals surface area contributed by atoms with E-state index >= 15 is 0 Å². The lowest BCUT2D eigenvalue weighted by Crippen LogP contribution is -2.18. The Hall–Kier alpha value is -3.83. The highest BCUT2D eigenvalue weighted by Crippen LogP contribution is 2.33. The lowest BCUT2D eigenvalue weighted by molar-refractivity contribution is 0.899. The fourth-order valence-electron chi connectivity index (χ4n) is 3.93. The third kappa shape index (κ3) is 2.49. The topological polar surface area (TPSA) is 47.3 Å². The van der Waals surface area contributed by atoms with E-state index in [0.717, 1.165) is 38.0 Å². The van der Waals surface area contributed by atoms with E-state index < -0.39 is 0 Å². The van der Waals surface area contributed by atoms with Crippen molar-refractivity contribution in [2.45, 2.75) is 0 Å². The summed E-state index contributed by atoms with van der Waals surface area (Å²) in [5, 5.41) is 9.31. The Kier molecular flexibility index (Phi) is 3.76. The monoisotopic (exact) mass is 405 g/mol. The third-order valence-corrected chi connectivity index (χ3v) is 6.21. The molecule has 0 saturated heterocycles. The zero-order chi connectivity index (χ0) is 20.1. The number of aromatic nitrogens is 3. The summed E-state index contributed by atoms with van der Waals surface area (Å²) in [5.74, 6) is 0. The van der Waals surface area contributed by atoms with Crippen molar-refractivity contribution in [1.82, 2.24) is 14.6 Å². The van der Waals surface area contributed by atoms with Gasteiger partial charge in [0.1, 0.15) is 4.83 Å². The molecule has 0 aliphatic heterocycles. The number of rotatable bonds is 2. The van der Waals surface area contributed by atoms with E-state index in [4.69, 9.17) is 10.1 Å². The van der Waals surface area contributed by atoms with E-state index in [9.17, 15) is 4.79 Å². The summed E-state index contributed by atoms with van der Waals surface area (Å²) in [6, 6.07) is 27.9. The molecule has 0 N–H and O–H groups in total. The van der Waals surface area contributed by atoms with Gasteiger partial charge in [-0.25, -0.2) is 4.98 Å². The van der Waals surface area contributed by atoms with Crippen molar-refractivity contribution in [2.24, 2.45) is 0 Å². The van der Waals surface area contributed by atoms with Crippen LogP contribution in [0.25, 0.3) is 49.0 Å². The maximum atomic E-state index is 13.6. The number of benzene rings is 3. The Labute approximate surface area is 175 Å². The quantitative estimate of drug-likeness (QED) is 0.343. The molecule has 0 unspecified atom stereocenters. The summed E-state index contributed by atoms with van der Waals surface area (Å²) in [5.41, 5.74) is 4.10. The van der Waals surface area contributed by atoms with Crippen LogP contribution in [0, 0.1) is 0 Å². The zero-order valence-electron chi connectivity index (χ0n) is 15.8. The molecule has 6 rings (SSSR count). The van der Waals surface area contributed by atoms with E-state index in [2.05, 4.69) is 0 Å². The van der Waals surface area contributed by atoms with E-state index in [1.807, 2.05) is 90.3 Å². The van der Waals surface area contributed by atoms with Gasteiger partial charge in [0.2, 0.25) is 0 Å². The van der Waals surface area contributed by atoms with Crippen LogP contribution in [0.4, 0.5) is 0 Å². The highest BCUT2D eigenvalue weighted by Gasteiger charge is 2.18. The molecule has 0 atom stereocenters. The number of hydrogen-bond acceptors (Lipinski definition) is 4. The number of hydrogen-bond donors (Lipinski definition) is 0. The summed E-state index contributed by atoms with van der Waals surface area (Å²) in [6.45, 7) is 0. The molecule has 4 nitrogen and oxygen atoms in total. The van der Waals surface area contributed by atoms with Crippen molar-refractivity contribution < 1.29 is 0 Å². The number of nitrogens with zero attached hydrogens (tertiary/aromatic N) is 3. The van der Waals surface area contributed by atoms with Crippen molar-refractivity contribution in [2.75, 3.05) is 0 Å². The molecule has 0 fully saturated rings. The van der Waals surface area contributed by atoms with E-state index in [-0.39, 0.29) is 5.56 Å². The highest BCUT2D eigenvalue weighted by atomic mass is 32.1. The Morgan fingerprint density at radius 1 is 0.733 bits per heavy atom. The highest BCUT2D eigenvalue weighted by molar-refractivity contribution is 7.17. The molecule has 0 aliphatic rings. The Bertz CT molecular complexity index is 1600. The maximum absolute atomic E-state index is 13.6. The van der Waals surface area contributed by atoms with Gasteiger partial charge in [-0.1, -0.05) is 84.9 Å². The van der Waals surface area contributed by atoms with Crippen molar-refractivity contribution in [3.05, 3.63) is 101 Å². The maximum Gasteiger partial charge on any atom is 0.283 e. The van der Waals surface area contributed by atoms with Gasteiger partial charge in [-0.2, -0.15) is 9.61 Å². The molecule has 6 aromatic rings. The first kappa shape index (κ1) is 17.1. The molecule has 3 aromatic heterocycles. The third-order valence-electron chi connectivity index (χ3n) is 5.34. The molecular formula is C25H15N3OS. The standard InChI is InChI=1S/C25H15N3OS/c29-25-21-20(16-9-3-1-4-10-16)15-30-24(21)26-23-19-14-8-7-13-18(19)22(27-28(23)25)17-11-5-2-6-12-17/h1-15H. The van der Waals surface area contributed by atoms with Gasteiger partial charge in [0.15, 0.2) is 5.65 Å². The summed E-state index contributed by atoms with van der Waals surface area (Å²) < 4.78 is 1.46. The molecule has 3 aromatic carbocycles. The van der Waals surface area contributed by atoms with E-state index in [0.29, 0.717) is 11.0 Å². The van der Waals surface area contributed by atoms with Gasteiger partial charge < -0.3 is 0 Å². The minimum absolute atomic E-state index is 0.141. The van der Waals surface area contributed by atoms with Crippen LogP contribution >= 0.6 is 11.3 Å². The molecule has 0 radical (unpaired) electrons. The summed E-state index contributed by atoms with van der Waals surface area (Å²) in [7, 11) is 0. The second-order valence-corrected chi connectivity index (χ2v) is 7.97. The fraction of sp³-hybridized carbons (Fsp3) is 0. The summed E-state index contributed by atoms with van der Waals surface area (Å²) in [6.07, 6.45) is 0. The van der Waals surface area contributed by atoms with Crippen molar-refractivity contribution in [3.63, 3.8) is 0 Å². The first-order chi connectivity index (χ1) is 14.8. The van der Waals surface area contributed by atoms with Crippen LogP contribution in [-0.4, -0.2) is 14.6 Å². The molecule has 30 heavy (non-hydrogen) atoms. The fourth-order valence-corrected chi connectivity index (χ4v) is 4.86. The van der Waals surface area contributed by atoms with Crippen LogP contribution in [0.1, 0.15) is 0 Å². The SMILES string of the molecule is O=c1c2c(-c3ccccc3)csc2nc2c3ccccc3c(-c3ccccc3)nn12. The Morgan fingerprint density at radius 2 is 1.37 bits per heavy atom. The van der Waals surface area contributed by atoms with Gasteiger partial charge in [0.25, 0.3) is 5.56 Å². The minimum atomic E-state index is -0.141. The van der Waals surface area contributed by atoms with Gasteiger partial charge in [-0.05, 0) is 5.56 Å². The minimum Gasteiger partial charge on any atom is -0.267 e. The normalized spacial score (nSPS) is 11.5. The van der Waals surface area contributed by atoms with Gasteiger partial charge in [-0.3, -0.25) is 4.79 Å². The van der Waals surface area contributed by atoms with Gasteiger partial charge in [0.05, 0.1) is 11.1 Å². The number of fused-ring (bicyclic) bond motifs is 4. The first-order valence-corrected chi connectivity index (χ1v) is 10.5. The predicted molar refractivity (Wildman–Crippen MR) is 123 cm³/mol. The molecule has 0 spiro atoms. The molecule has 0 saturated carbocycles. The summed E-state index contributed by atoms with van der Waals surface area (Å²) in [4.78, 5) is 19.2. The Morgan fingerprint density at radius 3 is 2.10 bits per heavy atom. The van der Waals surface area contributed by atoms with Crippen molar-refractivity contribution in [3.8, 4) is 22.4 Å². The van der Waals surface area contributed by atoms with Gasteiger partial charge in [-0.15, -0.1) is 11.3 Å². The van der Waals surface area contributed by atoms with Crippen molar-refractivity contribution in [1.29, 1.82) is 0 Å². The van der Waals surface area contributed by atoms with Crippen LogP contribution in [-0.2, 0) is 0 Å². The smallest absolute Gasteiger partial charge is 0.267 e. The lowest BCUT2D eigenvalue weighted by atomic mass is 10.0. The first-order valence-electron chi connectivity index (χ1n) is 9.65. The largest absolute Gasteiger partial charge is 0.283 e. The molecular weight excluding hydrogens is 390 g/mol. The average Bonchev–Trinajstić information content (AvgIpc) is 3.24. The lowest BCUT2D eigenvalue weighted by Gasteiger charge is -2.10. The zero-order valence-corrected chi connectivity index (χ0v) is 16.6.